The van der Waals surface area contributed by atoms with Gasteiger partial charge in [0.2, 0.25) is 0 Å². The molecule has 0 aromatic heterocycles. The Bertz CT molecular complexity index is 393. The number of hydrogen-bond acceptors (Lipinski definition) is 3. The molecule has 1 fully saturated rings. The van der Waals surface area contributed by atoms with E-state index in [1.54, 1.807) is 0 Å². The van der Waals surface area contributed by atoms with Crippen LogP contribution >= 0.6 is 11.6 Å². The van der Waals surface area contributed by atoms with Gasteiger partial charge < -0.3 is 15.3 Å². The second-order valence-electron chi connectivity index (χ2n) is 4.68. The van der Waals surface area contributed by atoms with E-state index in [-0.39, 0.29) is 6.61 Å². The minimum absolute atomic E-state index is 0.169. The Labute approximate surface area is 114 Å². The number of nitrogens with zero attached hydrogens (tertiary/aromatic N) is 1. The van der Waals surface area contributed by atoms with Crippen molar-refractivity contribution in [2.75, 3.05) is 24.6 Å². The smallest absolute Gasteiger partial charge is 0.0643 e. The zero-order valence-electron chi connectivity index (χ0n) is 10.8. The number of aliphatic hydroxyl groups excluding tert-OH is 1. The van der Waals surface area contributed by atoms with Crippen LogP contribution in [0.5, 0.6) is 0 Å². The van der Waals surface area contributed by atoms with Crippen molar-refractivity contribution in [3.05, 3.63) is 28.8 Å². The summed E-state index contributed by atoms with van der Waals surface area (Å²) in [6.45, 7) is 4.68. The van der Waals surface area contributed by atoms with Crippen LogP contribution in [-0.4, -0.2) is 30.8 Å². The lowest BCUT2D eigenvalue weighted by Crippen LogP contribution is -2.30. The molecule has 1 aromatic rings. The fourth-order valence-electron chi connectivity index (χ4n) is 2.25. The van der Waals surface area contributed by atoms with Crippen LogP contribution in [0, 0.1) is 0 Å². The summed E-state index contributed by atoms with van der Waals surface area (Å²) >= 11 is 6.36. The summed E-state index contributed by atoms with van der Waals surface area (Å²) < 4.78 is 0. The normalized spacial score (nSPS) is 14.8. The maximum absolute atomic E-state index is 9.23. The molecule has 2 rings (SSSR count). The average Bonchev–Trinajstić information content (AvgIpc) is 3.18. The van der Waals surface area contributed by atoms with E-state index in [9.17, 15) is 5.11 Å². The lowest BCUT2D eigenvalue weighted by molar-refractivity contribution is 0.301. The summed E-state index contributed by atoms with van der Waals surface area (Å²) in [7, 11) is 0. The minimum atomic E-state index is 0.169. The van der Waals surface area contributed by atoms with Gasteiger partial charge in [-0.15, -0.1) is 0 Å². The van der Waals surface area contributed by atoms with E-state index >= 15 is 0 Å². The van der Waals surface area contributed by atoms with Crippen molar-refractivity contribution in [1.29, 1.82) is 0 Å². The number of anilines is 1. The number of benzene rings is 1. The molecular formula is C14H21ClN2O. The van der Waals surface area contributed by atoms with Crippen LogP contribution in [0.3, 0.4) is 0 Å². The summed E-state index contributed by atoms with van der Waals surface area (Å²) in [5, 5.41) is 13.4. The molecule has 0 aliphatic heterocycles. The van der Waals surface area contributed by atoms with E-state index in [4.69, 9.17) is 11.6 Å². The van der Waals surface area contributed by atoms with Crippen molar-refractivity contribution in [2.45, 2.75) is 32.4 Å². The predicted molar refractivity (Wildman–Crippen MR) is 76.3 cm³/mol. The lowest BCUT2D eigenvalue weighted by atomic mass is 10.1. The highest BCUT2D eigenvalue weighted by Gasteiger charge is 2.31. The molecule has 1 saturated carbocycles. The molecule has 0 saturated heterocycles. The van der Waals surface area contributed by atoms with Gasteiger partial charge in [0, 0.05) is 19.1 Å². The van der Waals surface area contributed by atoms with Crippen molar-refractivity contribution in [2.24, 2.45) is 0 Å². The summed E-state index contributed by atoms with van der Waals surface area (Å²) in [6, 6.07) is 6.58. The molecule has 2 N–H and O–H groups in total. The van der Waals surface area contributed by atoms with E-state index in [0.717, 1.165) is 23.8 Å². The van der Waals surface area contributed by atoms with Gasteiger partial charge >= 0.3 is 0 Å². The number of aliphatic hydroxyl groups is 1. The van der Waals surface area contributed by atoms with E-state index in [2.05, 4.69) is 23.2 Å². The van der Waals surface area contributed by atoms with E-state index in [1.807, 2.05) is 12.1 Å². The summed E-state index contributed by atoms with van der Waals surface area (Å²) in [6.07, 6.45) is 2.40. The molecule has 0 bridgehead atoms. The van der Waals surface area contributed by atoms with Crippen LogP contribution < -0.4 is 10.2 Å². The van der Waals surface area contributed by atoms with Gasteiger partial charge in [-0.25, -0.2) is 0 Å². The first-order valence-electron chi connectivity index (χ1n) is 6.63. The number of halogens is 1. The van der Waals surface area contributed by atoms with Crippen molar-refractivity contribution in [1.82, 2.24) is 5.32 Å². The Kier molecular flexibility index (Phi) is 4.87. The highest BCUT2D eigenvalue weighted by atomic mass is 35.5. The number of nitrogens with one attached hydrogen (secondary N) is 1. The third kappa shape index (κ3) is 3.16. The summed E-state index contributed by atoms with van der Waals surface area (Å²) in [5.41, 5.74) is 2.31. The molecule has 18 heavy (non-hydrogen) atoms. The Hall–Kier alpha value is -0.770. The van der Waals surface area contributed by atoms with Crippen LogP contribution in [0.1, 0.15) is 25.3 Å². The monoisotopic (exact) mass is 268 g/mol. The number of rotatable bonds is 7. The first-order valence-corrected chi connectivity index (χ1v) is 7.01. The molecule has 0 spiro atoms. The van der Waals surface area contributed by atoms with E-state index < -0.39 is 0 Å². The average molecular weight is 269 g/mol. The molecule has 100 valence electrons. The van der Waals surface area contributed by atoms with Crippen LogP contribution in [0.2, 0.25) is 5.02 Å². The Morgan fingerprint density at radius 2 is 2.22 bits per heavy atom. The summed E-state index contributed by atoms with van der Waals surface area (Å²) in [4.78, 5) is 2.26. The standard InChI is InChI=1S/C14H21ClN2O/c1-2-16-10-11-4-3-5-13(15)14(11)17(8-9-18)12-6-7-12/h3-5,12,16,18H,2,6-10H2,1H3. The van der Waals surface area contributed by atoms with Crippen LogP contribution in [0.4, 0.5) is 5.69 Å². The number of para-hydroxylation sites is 1. The molecule has 0 amide bonds. The molecule has 1 aromatic carbocycles. The van der Waals surface area contributed by atoms with E-state index in [0.29, 0.717) is 12.6 Å². The van der Waals surface area contributed by atoms with E-state index in [1.165, 1.54) is 18.4 Å². The first kappa shape index (κ1) is 13.7. The lowest BCUT2D eigenvalue weighted by Gasteiger charge is -2.27. The molecule has 1 aliphatic carbocycles. The van der Waals surface area contributed by atoms with Crippen molar-refractivity contribution in [3.63, 3.8) is 0 Å². The quantitative estimate of drug-likeness (QED) is 0.797. The second-order valence-corrected chi connectivity index (χ2v) is 5.08. The first-order chi connectivity index (χ1) is 8.77. The predicted octanol–water partition coefficient (Wildman–Crippen LogP) is 2.41. The van der Waals surface area contributed by atoms with Crippen LogP contribution in [-0.2, 0) is 6.54 Å². The molecule has 0 atom stereocenters. The largest absolute Gasteiger partial charge is 0.395 e. The molecular weight excluding hydrogens is 248 g/mol. The molecule has 4 heteroatoms. The van der Waals surface area contributed by atoms with Crippen molar-refractivity contribution >= 4 is 17.3 Å². The topological polar surface area (TPSA) is 35.5 Å². The van der Waals surface area contributed by atoms with Gasteiger partial charge in [-0.2, -0.15) is 0 Å². The third-order valence-electron chi connectivity index (χ3n) is 3.25. The fourth-order valence-corrected chi connectivity index (χ4v) is 2.56. The maximum atomic E-state index is 9.23. The van der Waals surface area contributed by atoms with Crippen molar-refractivity contribution in [3.8, 4) is 0 Å². The zero-order valence-corrected chi connectivity index (χ0v) is 11.6. The van der Waals surface area contributed by atoms with Gasteiger partial charge in [0.1, 0.15) is 0 Å². The molecule has 0 radical (unpaired) electrons. The Morgan fingerprint density at radius 3 is 2.83 bits per heavy atom. The van der Waals surface area contributed by atoms with Gasteiger partial charge in [-0.3, -0.25) is 0 Å². The van der Waals surface area contributed by atoms with Gasteiger partial charge in [0.25, 0.3) is 0 Å². The second kappa shape index (κ2) is 6.41. The van der Waals surface area contributed by atoms with Gasteiger partial charge in [-0.1, -0.05) is 30.7 Å². The number of hydrogen-bond donors (Lipinski definition) is 2. The molecule has 3 nitrogen and oxygen atoms in total. The highest BCUT2D eigenvalue weighted by molar-refractivity contribution is 6.33. The minimum Gasteiger partial charge on any atom is -0.395 e. The van der Waals surface area contributed by atoms with Crippen LogP contribution in [0.25, 0.3) is 0 Å². The zero-order chi connectivity index (χ0) is 13.0. The third-order valence-corrected chi connectivity index (χ3v) is 3.56. The van der Waals surface area contributed by atoms with Gasteiger partial charge in [0.15, 0.2) is 0 Å². The van der Waals surface area contributed by atoms with Crippen LogP contribution in [0.15, 0.2) is 18.2 Å². The Balaban J connectivity index is 2.26. The summed E-state index contributed by atoms with van der Waals surface area (Å²) in [5.74, 6) is 0. The van der Waals surface area contributed by atoms with Crippen molar-refractivity contribution < 1.29 is 5.11 Å². The highest BCUT2D eigenvalue weighted by Crippen LogP contribution is 2.37. The van der Waals surface area contributed by atoms with Gasteiger partial charge in [0.05, 0.1) is 17.3 Å². The van der Waals surface area contributed by atoms with Gasteiger partial charge in [-0.05, 0) is 31.0 Å². The SMILES string of the molecule is CCNCc1cccc(Cl)c1N(CCO)C1CC1. The molecule has 0 unspecified atom stereocenters. The fraction of sp³-hybridized carbons (Fsp3) is 0.571. The molecule has 1 aliphatic rings. The Morgan fingerprint density at radius 1 is 1.44 bits per heavy atom. The maximum Gasteiger partial charge on any atom is 0.0643 e. The molecule has 0 heterocycles.